The van der Waals surface area contributed by atoms with Gasteiger partial charge in [-0.15, -0.1) is 0 Å². The average molecular weight is 447 g/mol. The van der Waals surface area contributed by atoms with Gasteiger partial charge >= 0.3 is 0 Å². The Hall–Kier alpha value is -3.07. The first-order valence-corrected chi connectivity index (χ1v) is 11.8. The molecule has 0 bridgehead atoms. The molecule has 170 valence electrons. The third kappa shape index (κ3) is 4.68. The van der Waals surface area contributed by atoms with Crippen LogP contribution in [0.3, 0.4) is 0 Å². The van der Waals surface area contributed by atoms with E-state index in [9.17, 15) is 4.39 Å². The molecule has 4 aromatic carbocycles. The van der Waals surface area contributed by atoms with Crippen molar-refractivity contribution in [3.05, 3.63) is 95.3 Å². The molecule has 0 heterocycles. The Morgan fingerprint density at radius 1 is 0.636 bits per heavy atom. The minimum atomic E-state index is -0.441. The molecule has 0 nitrogen and oxygen atoms in total. The maximum absolute atomic E-state index is 16.0. The van der Waals surface area contributed by atoms with Crippen molar-refractivity contribution in [3.8, 4) is 22.3 Å². The fourth-order valence-electron chi connectivity index (χ4n) is 4.62. The standard InChI is InChI=1S/C30H29F3/c1-3-5-9-24-25-11-7-8-12-27(25)30(33)29(26(24)10-6-4-2)21-15-18-23(28(32)19-21)20-13-16-22(31)17-14-20/h7-8,11-19H,3-6,9-10H2,1-2H3. The van der Waals surface area contributed by atoms with Crippen molar-refractivity contribution in [2.24, 2.45) is 0 Å². The summed E-state index contributed by atoms with van der Waals surface area (Å²) in [5.41, 5.74) is 4.20. The molecular formula is C30H29F3. The van der Waals surface area contributed by atoms with E-state index in [0.717, 1.165) is 49.5 Å². The predicted octanol–water partition coefficient (Wildman–Crippen LogP) is 9.28. The zero-order chi connectivity index (χ0) is 23.4. The highest BCUT2D eigenvalue weighted by Gasteiger charge is 2.21. The molecule has 0 N–H and O–H groups in total. The molecule has 33 heavy (non-hydrogen) atoms. The van der Waals surface area contributed by atoms with Crippen LogP contribution in [0.5, 0.6) is 0 Å². The lowest BCUT2D eigenvalue weighted by Crippen LogP contribution is -2.04. The fourth-order valence-corrected chi connectivity index (χ4v) is 4.62. The summed E-state index contributed by atoms with van der Waals surface area (Å²) >= 11 is 0. The van der Waals surface area contributed by atoms with Crippen LogP contribution in [0.4, 0.5) is 13.2 Å². The minimum Gasteiger partial charge on any atom is -0.207 e. The molecule has 0 spiro atoms. The first-order chi connectivity index (χ1) is 16.0. The van der Waals surface area contributed by atoms with Crippen molar-refractivity contribution in [1.29, 1.82) is 0 Å². The number of unbranched alkanes of at least 4 members (excludes halogenated alkanes) is 2. The van der Waals surface area contributed by atoms with Crippen molar-refractivity contribution in [3.63, 3.8) is 0 Å². The lowest BCUT2D eigenvalue weighted by Gasteiger charge is -2.20. The van der Waals surface area contributed by atoms with Crippen molar-refractivity contribution in [1.82, 2.24) is 0 Å². The molecule has 4 rings (SSSR count). The number of hydrogen-bond acceptors (Lipinski definition) is 0. The molecule has 0 amide bonds. The summed E-state index contributed by atoms with van der Waals surface area (Å²) in [5, 5.41) is 1.54. The highest BCUT2D eigenvalue weighted by molar-refractivity contribution is 5.93. The average Bonchev–Trinajstić information content (AvgIpc) is 2.83. The Kier molecular flexibility index (Phi) is 7.17. The van der Waals surface area contributed by atoms with Crippen LogP contribution < -0.4 is 0 Å². The van der Waals surface area contributed by atoms with E-state index in [-0.39, 0.29) is 11.6 Å². The Morgan fingerprint density at radius 3 is 1.88 bits per heavy atom. The van der Waals surface area contributed by atoms with E-state index in [0.29, 0.717) is 27.6 Å². The highest BCUT2D eigenvalue weighted by atomic mass is 19.1. The molecule has 0 radical (unpaired) electrons. The largest absolute Gasteiger partial charge is 0.207 e. The van der Waals surface area contributed by atoms with Gasteiger partial charge in [0.25, 0.3) is 0 Å². The van der Waals surface area contributed by atoms with Gasteiger partial charge in [0, 0.05) is 16.5 Å². The van der Waals surface area contributed by atoms with Crippen molar-refractivity contribution < 1.29 is 13.2 Å². The van der Waals surface area contributed by atoms with Gasteiger partial charge in [0.1, 0.15) is 17.5 Å². The third-order valence-electron chi connectivity index (χ3n) is 6.35. The van der Waals surface area contributed by atoms with Crippen LogP contribution in [0.15, 0.2) is 66.7 Å². The molecular weight excluding hydrogens is 417 g/mol. The van der Waals surface area contributed by atoms with E-state index in [4.69, 9.17) is 0 Å². The summed E-state index contributed by atoms with van der Waals surface area (Å²) < 4.78 is 44.5. The second kappa shape index (κ2) is 10.2. The lowest BCUT2D eigenvalue weighted by molar-refractivity contribution is 0.625. The topological polar surface area (TPSA) is 0 Å². The van der Waals surface area contributed by atoms with Crippen molar-refractivity contribution in [2.45, 2.75) is 52.4 Å². The first-order valence-electron chi connectivity index (χ1n) is 11.8. The number of fused-ring (bicyclic) bond motifs is 1. The van der Waals surface area contributed by atoms with Gasteiger partial charge in [-0.1, -0.05) is 75.2 Å². The van der Waals surface area contributed by atoms with Gasteiger partial charge in [0.15, 0.2) is 0 Å². The molecule has 0 aromatic heterocycles. The Morgan fingerprint density at radius 2 is 1.24 bits per heavy atom. The highest BCUT2D eigenvalue weighted by Crippen LogP contribution is 2.39. The molecule has 0 aliphatic heterocycles. The van der Waals surface area contributed by atoms with E-state index in [2.05, 4.69) is 13.8 Å². The van der Waals surface area contributed by atoms with Crippen LogP contribution in [0.25, 0.3) is 33.0 Å². The normalized spacial score (nSPS) is 11.3. The van der Waals surface area contributed by atoms with Gasteiger partial charge in [0.2, 0.25) is 0 Å². The van der Waals surface area contributed by atoms with Crippen LogP contribution in [0, 0.1) is 17.5 Å². The van der Waals surface area contributed by atoms with E-state index >= 15 is 8.78 Å². The summed E-state index contributed by atoms with van der Waals surface area (Å²) in [6.45, 7) is 4.28. The van der Waals surface area contributed by atoms with Gasteiger partial charge in [-0.2, -0.15) is 0 Å². The van der Waals surface area contributed by atoms with E-state index in [1.165, 1.54) is 23.8 Å². The lowest BCUT2D eigenvalue weighted by atomic mass is 9.85. The zero-order valence-corrected chi connectivity index (χ0v) is 19.2. The van der Waals surface area contributed by atoms with Crippen LogP contribution in [-0.4, -0.2) is 0 Å². The molecule has 0 saturated heterocycles. The third-order valence-corrected chi connectivity index (χ3v) is 6.35. The molecule has 0 fully saturated rings. The van der Waals surface area contributed by atoms with E-state index < -0.39 is 5.82 Å². The summed E-state index contributed by atoms with van der Waals surface area (Å²) in [7, 11) is 0. The second-order valence-electron chi connectivity index (χ2n) is 8.60. The molecule has 3 heteroatoms. The van der Waals surface area contributed by atoms with Gasteiger partial charge in [-0.05, 0) is 71.5 Å². The Labute approximate surface area is 194 Å². The molecule has 0 unspecified atom stereocenters. The number of aryl methyl sites for hydroxylation is 1. The number of benzene rings is 4. The maximum Gasteiger partial charge on any atom is 0.139 e. The van der Waals surface area contributed by atoms with Crippen LogP contribution in [0.2, 0.25) is 0 Å². The summed E-state index contributed by atoms with van der Waals surface area (Å²) in [6.07, 6.45) is 5.65. The summed E-state index contributed by atoms with van der Waals surface area (Å²) in [6, 6.07) is 18.2. The fraction of sp³-hybridized carbons (Fsp3) is 0.267. The van der Waals surface area contributed by atoms with Crippen molar-refractivity contribution >= 4 is 10.8 Å². The van der Waals surface area contributed by atoms with Gasteiger partial charge in [-0.3, -0.25) is 0 Å². The zero-order valence-electron chi connectivity index (χ0n) is 19.2. The molecule has 0 aliphatic carbocycles. The smallest absolute Gasteiger partial charge is 0.139 e. The molecule has 0 aliphatic rings. The summed E-state index contributed by atoms with van der Waals surface area (Å²) in [5.74, 6) is -1.09. The Bertz CT molecular complexity index is 1260. The molecule has 4 aromatic rings. The quantitative estimate of drug-likeness (QED) is 0.253. The molecule has 0 atom stereocenters. The Balaban J connectivity index is 1.93. The predicted molar refractivity (Wildman–Crippen MR) is 132 cm³/mol. The van der Waals surface area contributed by atoms with Gasteiger partial charge < -0.3 is 0 Å². The van der Waals surface area contributed by atoms with Crippen LogP contribution in [-0.2, 0) is 12.8 Å². The van der Waals surface area contributed by atoms with E-state index in [1.54, 1.807) is 24.3 Å². The van der Waals surface area contributed by atoms with Gasteiger partial charge in [-0.25, -0.2) is 13.2 Å². The number of hydrogen-bond donors (Lipinski definition) is 0. The maximum atomic E-state index is 16.0. The van der Waals surface area contributed by atoms with Gasteiger partial charge in [0.05, 0.1) is 0 Å². The summed E-state index contributed by atoms with van der Waals surface area (Å²) in [4.78, 5) is 0. The van der Waals surface area contributed by atoms with Crippen molar-refractivity contribution in [2.75, 3.05) is 0 Å². The van der Waals surface area contributed by atoms with Crippen LogP contribution in [0.1, 0.15) is 50.7 Å². The monoisotopic (exact) mass is 446 g/mol. The number of rotatable bonds is 8. The SMILES string of the molecule is CCCCc1c(-c2ccc(-c3ccc(F)cc3)c(F)c2)c(F)c2ccccc2c1CCCC. The molecule has 0 saturated carbocycles. The van der Waals surface area contributed by atoms with E-state index in [1.807, 2.05) is 24.3 Å². The minimum absolute atomic E-state index is 0.286. The van der Waals surface area contributed by atoms with Crippen LogP contribution >= 0.6 is 0 Å². The first kappa shape index (κ1) is 23.1. The second-order valence-corrected chi connectivity index (χ2v) is 8.60. The number of halogens is 3.